The van der Waals surface area contributed by atoms with Gasteiger partial charge in [-0.1, -0.05) is 0 Å². The fraction of sp³-hybridized carbons (Fsp3) is 0.800. The second-order valence-corrected chi connectivity index (χ2v) is 4.36. The summed E-state index contributed by atoms with van der Waals surface area (Å²) in [7, 11) is 0. The quantitative estimate of drug-likeness (QED) is 0.558. The van der Waals surface area contributed by atoms with Gasteiger partial charge in [-0.05, 0) is 24.7 Å². The number of Topliss-reactive ketones (excluding diaryl/α,β-unsaturated/α-hetero) is 2. The Morgan fingerprint density at radius 3 is 1.57 bits per heavy atom. The topological polar surface area (TPSA) is 74.6 Å². The maximum Gasteiger partial charge on any atom is 0.161 e. The number of aliphatic hydroxyl groups is 2. The Labute approximate surface area is 81.9 Å². The van der Waals surface area contributed by atoms with Crippen LogP contribution < -0.4 is 0 Å². The standard InChI is InChI=1S/C10H14O4/c11-7-1-5-2-9(13)10(14)4-6(5)3-8(7)12/h5-7,10-11,14H,1-4H2. The van der Waals surface area contributed by atoms with Gasteiger partial charge in [-0.3, -0.25) is 9.59 Å². The first-order valence-corrected chi connectivity index (χ1v) is 4.99. The van der Waals surface area contributed by atoms with Gasteiger partial charge in [0.25, 0.3) is 0 Å². The Kier molecular flexibility index (Phi) is 2.41. The van der Waals surface area contributed by atoms with Crippen molar-refractivity contribution in [2.45, 2.75) is 37.9 Å². The number of aliphatic hydroxyl groups excluding tert-OH is 2. The summed E-state index contributed by atoms with van der Waals surface area (Å²) in [5.41, 5.74) is 0. The van der Waals surface area contributed by atoms with Crippen LogP contribution >= 0.6 is 0 Å². The molecule has 4 heteroatoms. The van der Waals surface area contributed by atoms with Crippen LogP contribution in [0.15, 0.2) is 0 Å². The van der Waals surface area contributed by atoms with E-state index in [2.05, 4.69) is 0 Å². The van der Waals surface area contributed by atoms with Crippen LogP contribution in [0.4, 0.5) is 0 Å². The first kappa shape index (κ1) is 9.80. The van der Waals surface area contributed by atoms with Crippen molar-refractivity contribution in [1.29, 1.82) is 0 Å². The second-order valence-electron chi connectivity index (χ2n) is 4.36. The second kappa shape index (κ2) is 3.44. The number of hydrogen-bond donors (Lipinski definition) is 2. The van der Waals surface area contributed by atoms with E-state index >= 15 is 0 Å². The summed E-state index contributed by atoms with van der Waals surface area (Å²) in [5.74, 6) is -0.0993. The van der Waals surface area contributed by atoms with Crippen molar-refractivity contribution < 1.29 is 19.8 Å². The fourth-order valence-electron chi connectivity index (χ4n) is 2.51. The predicted octanol–water partition coefficient (Wildman–Crippen LogP) is -0.334. The molecule has 0 bridgehead atoms. The average molecular weight is 198 g/mol. The van der Waals surface area contributed by atoms with E-state index in [1.165, 1.54) is 0 Å². The molecule has 0 aromatic carbocycles. The largest absolute Gasteiger partial charge is 0.385 e. The number of carbonyl (C=O) groups excluding carboxylic acids is 2. The molecule has 2 rings (SSSR count). The zero-order valence-corrected chi connectivity index (χ0v) is 7.85. The maximum absolute atomic E-state index is 11.2. The van der Waals surface area contributed by atoms with Gasteiger partial charge in [-0.2, -0.15) is 0 Å². The third-order valence-electron chi connectivity index (χ3n) is 3.39. The summed E-state index contributed by atoms with van der Waals surface area (Å²) >= 11 is 0. The van der Waals surface area contributed by atoms with Crippen LogP contribution in [0, 0.1) is 11.8 Å². The predicted molar refractivity (Wildman–Crippen MR) is 47.5 cm³/mol. The molecule has 0 amide bonds. The van der Waals surface area contributed by atoms with E-state index in [1.807, 2.05) is 0 Å². The number of hydrogen-bond acceptors (Lipinski definition) is 4. The minimum absolute atomic E-state index is 0.0959. The third-order valence-corrected chi connectivity index (χ3v) is 3.39. The van der Waals surface area contributed by atoms with Crippen molar-refractivity contribution >= 4 is 11.6 Å². The number of carbonyl (C=O) groups is 2. The van der Waals surface area contributed by atoms with Crippen LogP contribution in [0.2, 0.25) is 0 Å². The fourth-order valence-corrected chi connectivity index (χ4v) is 2.51. The number of ketones is 2. The van der Waals surface area contributed by atoms with Crippen LogP contribution in [0.25, 0.3) is 0 Å². The zero-order chi connectivity index (χ0) is 10.3. The van der Waals surface area contributed by atoms with Gasteiger partial charge in [0.2, 0.25) is 0 Å². The van der Waals surface area contributed by atoms with Gasteiger partial charge < -0.3 is 10.2 Å². The van der Waals surface area contributed by atoms with Crippen molar-refractivity contribution in [3.05, 3.63) is 0 Å². The van der Waals surface area contributed by atoms with Gasteiger partial charge in [0, 0.05) is 12.8 Å². The summed E-state index contributed by atoms with van der Waals surface area (Å²) < 4.78 is 0. The highest BCUT2D eigenvalue weighted by Crippen LogP contribution is 2.37. The molecule has 4 nitrogen and oxygen atoms in total. The maximum atomic E-state index is 11.2. The van der Waals surface area contributed by atoms with Crippen molar-refractivity contribution in [3.63, 3.8) is 0 Å². The smallest absolute Gasteiger partial charge is 0.161 e. The molecular weight excluding hydrogens is 184 g/mol. The Bertz CT molecular complexity index is 245. The molecule has 0 spiro atoms. The summed E-state index contributed by atoms with van der Waals surface area (Å²) in [6, 6.07) is 0. The molecule has 0 aromatic rings. The number of rotatable bonds is 0. The van der Waals surface area contributed by atoms with Gasteiger partial charge >= 0.3 is 0 Å². The molecule has 4 unspecified atom stereocenters. The van der Waals surface area contributed by atoms with E-state index in [4.69, 9.17) is 0 Å². The van der Waals surface area contributed by atoms with Crippen molar-refractivity contribution in [1.82, 2.24) is 0 Å². The van der Waals surface area contributed by atoms with E-state index in [9.17, 15) is 19.8 Å². The molecular formula is C10H14O4. The van der Waals surface area contributed by atoms with E-state index in [0.29, 0.717) is 25.7 Å². The van der Waals surface area contributed by atoms with Gasteiger partial charge in [0.1, 0.15) is 12.2 Å². The van der Waals surface area contributed by atoms with E-state index in [0.717, 1.165) is 0 Å². The molecule has 2 aliphatic rings. The van der Waals surface area contributed by atoms with Crippen LogP contribution in [-0.2, 0) is 9.59 Å². The lowest BCUT2D eigenvalue weighted by atomic mass is 9.68. The summed E-state index contributed by atoms with van der Waals surface area (Å²) in [5, 5.41) is 18.7. The molecule has 0 aromatic heterocycles. The monoisotopic (exact) mass is 198 g/mol. The van der Waals surface area contributed by atoms with E-state index < -0.39 is 12.2 Å². The molecule has 2 aliphatic carbocycles. The van der Waals surface area contributed by atoms with Crippen molar-refractivity contribution in [3.8, 4) is 0 Å². The van der Waals surface area contributed by atoms with Gasteiger partial charge in [0.15, 0.2) is 11.6 Å². The van der Waals surface area contributed by atoms with Crippen LogP contribution in [0.1, 0.15) is 25.7 Å². The molecule has 2 N–H and O–H groups in total. The highest BCUT2D eigenvalue weighted by atomic mass is 16.3. The zero-order valence-electron chi connectivity index (χ0n) is 7.85. The number of fused-ring (bicyclic) bond motifs is 1. The van der Waals surface area contributed by atoms with Crippen LogP contribution in [-0.4, -0.2) is 34.0 Å². The van der Waals surface area contributed by atoms with Gasteiger partial charge in [-0.15, -0.1) is 0 Å². The Balaban J connectivity index is 2.09. The SMILES string of the molecule is O=C1CC2CC(O)C(=O)CC2CC1O. The summed E-state index contributed by atoms with van der Waals surface area (Å²) in [6.45, 7) is 0. The molecule has 0 aliphatic heterocycles. The molecule has 0 heterocycles. The third kappa shape index (κ3) is 1.60. The molecule has 0 saturated heterocycles. The van der Waals surface area contributed by atoms with Crippen LogP contribution in [0.5, 0.6) is 0 Å². The minimum atomic E-state index is -0.890. The first-order chi connectivity index (χ1) is 6.58. The van der Waals surface area contributed by atoms with Crippen LogP contribution in [0.3, 0.4) is 0 Å². The minimum Gasteiger partial charge on any atom is -0.385 e. The average Bonchev–Trinajstić information content (AvgIpc) is 2.11. The normalized spacial score (nSPS) is 43.6. The molecule has 14 heavy (non-hydrogen) atoms. The Morgan fingerprint density at radius 2 is 1.21 bits per heavy atom. The van der Waals surface area contributed by atoms with Crippen molar-refractivity contribution in [2.75, 3.05) is 0 Å². The molecule has 4 atom stereocenters. The molecule has 78 valence electrons. The van der Waals surface area contributed by atoms with Gasteiger partial charge in [-0.25, -0.2) is 0 Å². The highest BCUT2D eigenvalue weighted by Gasteiger charge is 2.41. The highest BCUT2D eigenvalue weighted by molar-refractivity contribution is 5.87. The Morgan fingerprint density at radius 1 is 0.857 bits per heavy atom. The lowest BCUT2D eigenvalue weighted by Gasteiger charge is -2.37. The van der Waals surface area contributed by atoms with Gasteiger partial charge in [0.05, 0.1) is 0 Å². The lowest BCUT2D eigenvalue weighted by Crippen LogP contribution is -2.43. The lowest BCUT2D eigenvalue weighted by molar-refractivity contribution is -0.142. The van der Waals surface area contributed by atoms with E-state index in [-0.39, 0.29) is 23.4 Å². The van der Waals surface area contributed by atoms with E-state index in [1.54, 1.807) is 0 Å². The van der Waals surface area contributed by atoms with Crippen molar-refractivity contribution in [2.24, 2.45) is 11.8 Å². The first-order valence-electron chi connectivity index (χ1n) is 4.99. The molecule has 2 fully saturated rings. The molecule has 0 radical (unpaired) electrons. The molecule has 2 saturated carbocycles. The summed E-state index contributed by atoms with van der Waals surface area (Å²) in [6.07, 6.45) is -0.366. The Hall–Kier alpha value is -0.740. The summed E-state index contributed by atoms with van der Waals surface area (Å²) in [4.78, 5) is 22.4.